The molecule has 0 fully saturated rings. The van der Waals surface area contributed by atoms with Crippen molar-refractivity contribution in [1.82, 2.24) is 4.57 Å². The molecule has 0 heterocycles. The number of rotatable bonds is 17. The molecule has 1 nitrogen and oxygen atoms in total. The van der Waals surface area contributed by atoms with E-state index in [-0.39, 0.29) is 0 Å². The third-order valence-corrected chi connectivity index (χ3v) is 12.3. The Morgan fingerprint density at radius 1 is 0.969 bits per heavy atom. The Labute approximate surface area is 201 Å². The van der Waals surface area contributed by atoms with E-state index in [1.807, 2.05) is 0 Å². The Morgan fingerprint density at radius 3 is 2.28 bits per heavy atom. The summed E-state index contributed by atoms with van der Waals surface area (Å²) in [4.78, 5) is 0. The van der Waals surface area contributed by atoms with Crippen LogP contribution >= 0.6 is 0 Å². The molecule has 3 atom stereocenters. The Kier molecular flexibility index (Phi) is 14.6. The standard InChI is InChI=1S/C30H51NSi/c1-8-11-15-24-30(32(6,7)31(4)5)25-19-13-16-20-27(10-3)26-29(21-12-9-2)28-22-17-14-18-23-28/h9-10,12-14,17-19,22-23,27,29-30H,3,8,11,15-16,20-21,24-26H2,1-2,4-7H3/b12-9+,19-13+. The summed E-state index contributed by atoms with van der Waals surface area (Å²) in [5.74, 6) is 1.15. The lowest BCUT2D eigenvalue weighted by molar-refractivity contribution is 0.483. The van der Waals surface area contributed by atoms with Crippen LogP contribution in [0.1, 0.15) is 83.1 Å². The molecule has 0 radical (unpaired) electrons. The van der Waals surface area contributed by atoms with Gasteiger partial charge >= 0.3 is 0 Å². The topological polar surface area (TPSA) is 3.24 Å². The van der Waals surface area contributed by atoms with Crippen molar-refractivity contribution in [1.29, 1.82) is 0 Å². The second-order valence-corrected chi connectivity index (χ2v) is 15.2. The molecule has 0 N–H and O–H groups in total. The van der Waals surface area contributed by atoms with Gasteiger partial charge in [0.1, 0.15) is 8.24 Å². The largest absolute Gasteiger partial charge is 0.329 e. The van der Waals surface area contributed by atoms with Crippen LogP contribution in [-0.4, -0.2) is 26.9 Å². The summed E-state index contributed by atoms with van der Waals surface area (Å²) in [6.07, 6.45) is 23.0. The summed E-state index contributed by atoms with van der Waals surface area (Å²) in [6, 6.07) is 11.0. The summed E-state index contributed by atoms with van der Waals surface area (Å²) in [7, 11) is 3.21. The van der Waals surface area contributed by atoms with Crippen LogP contribution in [0, 0.1) is 5.92 Å². The van der Waals surface area contributed by atoms with E-state index in [1.165, 1.54) is 50.5 Å². The van der Waals surface area contributed by atoms with Crippen molar-refractivity contribution in [3.63, 3.8) is 0 Å². The molecule has 2 heteroatoms. The lowest BCUT2D eigenvalue weighted by atomic mass is 9.84. The minimum atomic E-state index is -1.36. The van der Waals surface area contributed by atoms with Crippen molar-refractivity contribution in [3.05, 3.63) is 72.9 Å². The maximum Gasteiger partial charge on any atom is 0.125 e. The average molecular weight is 454 g/mol. The fourth-order valence-corrected chi connectivity index (χ4v) is 6.90. The van der Waals surface area contributed by atoms with E-state index in [2.05, 4.69) is 113 Å². The van der Waals surface area contributed by atoms with Crippen LogP contribution in [0.2, 0.25) is 18.6 Å². The summed E-state index contributed by atoms with van der Waals surface area (Å²) in [5, 5.41) is 0. The Morgan fingerprint density at radius 2 is 1.69 bits per heavy atom. The molecule has 0 aromatic heterocycles. The lowest BCUT2D eigenvalue weighted by Gasteiger charge is -2.38. The lowest BCUT2D eigenvalue weighted by Crippen LogP contribution is -2.47. The first-order chi connectivity index (χ1) is 15.4. The second kappa shape index (κ2) is 16.3. The van der Waals surface area contributed by atoms with Gasteiger partial charge in [-0.2, -0.15) is 0 Å². The maximum absolute atomic E-state index is 4.17. The summed E-state index contributed by atoms with van der Waals surface area (Å²) < 4.78 is 2.54. The highest BCUT2D eigenvalue weighted by atomic mass is 28.3. The molecule has 3 unspecified atom stereocenters. The van der Waals surface area contributed by atoms with Crippen LogP contribution in [0.3, 0.4) is 0 Å². The molecule has 1 aromatic rings. The van der Waals surface area contributed by atoms with Crippen molar-refractivity contribution in [2.24, 2.45) is 5.92 Å². The minimum Gasteiger partial charge on any atom is -0.329 e. The van der Waals surface area contributed by atoms with Gasteiger partial charge in [0.25, 0.3) is 0 Å². The van der Waals surface area contributed by atoms with E-state index in [0.717, 1.165) is 18.4 Å². The van der Waals surface area contributed by atoms with Crippen LogP contribution in [0.15, 0.2) is 67.3 Å². The first-order valence-corrected chi connectivity index (χ1v) is 16.0. The van der Waals surface area contributed by atoms with Crippen LogP contribution in [0.4, 0.5) is 0 Å². The highest BCUT2D eigenvalue weighted by Gasteiger charge is 2.32. The number of hydrogen-bond acceptors (Lipinski definition) is 1. The van der Waals surface area contributed by atoms with E-state index in [4.69, 9.17) is 0 Å². The zero-order valence-corrected chi connectivity index (χ0v) is 23.0. The van der Waals surface area contributed by atoms with Crippen LogP contribution in [0.25, 0.3) is 0 Å². The number of benzene rings is 1. The number of nitrogens with zero attached hydrogens (tertiary/aromatic N) is 1. The highest BCUT2D eigenvalue weighted by molar-refractivity contribution is 6.76. The zero-order valence-electron chi connectivity index (χ0n) is 22.0. The zero-order chi connectivity index (χ0) is 23.8. The van der Waals surface area contributed by atoms with Gasteiger partial charge in [0.15, 0.2) is 0 Å². The van der Waals surface area contributed by atoms with E-state index in [1.54, 1.807) is 0 Å². The predicted octanol–water partition coefficient (Wildman–Crippen LogP) is 9.37. The van der Waals surface area contributed by atoms with Crippen molar-refractivity contribution >= 4 is 8.24 Å². The van der Waals surface area contributed by atoms with Gasteiger partial charge in [-0.1, -0.05) is 106 Å². The van der Waals surface area contributed by atoms with Gasteiger partial charge in [0, 0.05) is 0 Å². The van der Waals surface area contributed by atoms with E-state index >= 15 is 0 Å². The monoisotopic (exact) mass is 453 g/mol. The molecule has 180 valence electrons. The molecule has 0 amide bonds. The third kappa shape index (κ3) is 10.5. The Hall–Kier alpha value is -1.38. The van der Waals surface area contributed by atoms with Gasteiger partial charge in [-0.15, -0.1) is 6.58 Å². The summed E-state index contributed by atoms with van der Waals surface area (Å²) in [5.41, 5.74) is 2.30. The van der Waals surface area contributed by atoms with E-state index < -0.39 is 8.24 Å². The quantitative estimate of drug-likeness (QED) is 0.129. The second-order valence-electron chi connectivity index (χ2n) is 10.2. The molecular formula is C30H51NSi. The normalized spacial score (nSPS) is 15.5. The first-order valence-electron chi connectivity index (χ1n) is 13.0. The molecule has 0 aliphatic rings. The number of hydrogen-bond donors (Lipinski definition) is 0. The summed E-state index contributed by atoms with van der Waals surface area (Å²) >= 11 is 0. The van der Waals surface area contributed by atoms with Gasteiger partial charge in [-0.05, 0) is 76.1 Å². The first kappa shape index (κ1) is 28.6. The minimum absolute atomic E-state index is 0.572. The number of allylic oxidation sites excluding steroid dienone is 5. The van der Waals surface area contributed by atoms with Crippen molar-refractivity contribution in [2.45, 2.75) is 96.2 Å². The van der Waals surface area contributed by atoms with E-state index in [9.17, 15) is 0 Å². The average Bonchev–Trinajstić information content (AvgIpc) is 2.79. The smallest absolute Gasteiger partial charge is 0.125 e. The molecule has 0 saturated heterocycles. The Balaban J connectivity index is 2.63. The Bertz CT molecular complexity index is 659. The fourth-order valence-electron chi connectivity index (χ4n) is 4.55. The van der Waals surface area contributed by atoms with Gasteiger partial charge in [-0.3, -0.25) is 0 Å². The van der Waals surface area contributed by atoms with Gasteiger partial charge in [0.05, 0.1) is 0 Å². The van der Waals surface area contributed by atoms with Crippen LogP contribution in [-0.2, 0) is 0 Å². The van der Waals surface area contributed by atoms with Gasteiger partial charge in [0.2, 0.25) is 0 Å². The molecule has 0 saturated carbocycles. The summed E-state index contributed by atoms with van der Waals surface area (Å²) in [6.45, 7) is 13.7. The number of unbranched alkanes of at least 4 members (excludes halogenated alkanes) is 2. The molecule has 0 aliphatic carbocycles. The molecule has 0 bridgehead atoms. The SMILES string of the molecule is C=CC(CC/C=C/CC(CCCCC)[Si](C)(C)N(C)C)CC(C/C=C/C)c1ccccc1. The maximum atomic E-state index is 4.17. The molecule has 1 rings (SSSR count). The molecule has 1 aromatic carbocycles. The van der Waals surface area contributed by atoms with E-state index in [0.29, 0.717) is 11.8 Å². The predicted molar refractivity (Wildman–Crippen MR) is 149 cm³/mol. The van der Waals surface area contributed by atoms with Gasteiger partial charge in [-0.25, -0.2) is 0 Å². The molecule has 32 heavy (non-hydrogen) atoms. The highest BCUT2D eigenvalue weighted by Crippen LogP contribution is 2.33. The molecular weight excluding hydrogens is 402 g/mol. The van der Waals surface area contributed by atoms with Gasteiger partial charge < -0.3 is 4.57 Å². The van der Waals surface area contributed by atoms with Crippen molar-refractivity contribution in [3.8, 4) is 0 Å². The van der Waals surface area contributed by atoms with Crippen LogP contribution < -0.4 is 0 Å². The van der Waals surface area contributed by atoms with Crippen LogP contribution in [0.5, 0.6) is 0 Å². The van der Waals surface area contributed by atoms with Crippen molar-refractivity contribution < 1.29 is 0 Å². The molecule has 0 spiro atoms. The molecule has 0 aliphatic heterocycles. The third-order valence-electron chi connectivity index (χ3n) is 7.45. The van der Waals surface area contributed by atoms with Crippen molar-refractivity contribution in [2.75, 3.05) is 14.1 Å². The fraction of sp³-hybridized carbons (Fsp3) is 0.600.